The Balaban J connectivity index is 2.78. The smallest absolute Gasteiger partial charge is 0.261 e. The van der Waals surface area contributed by atoms with Gasteiger partial charge in [0.2, 0.25) is 0 Å². The molecule has 0 aromatic carbocycles. The van der Waals surface area contributed by atoms with E-state index in [-0.39, 0.29) is 5.82 Å². The second-order valence-corrected chi connectivity index (χ2v) is 3.91. The van der Waals surface area contributed by atoms with Crippen LogP contribution in [0.4, 0.5) is 11.4 Å². The summed E-state index contributed by atoms with van der Waals surface area (Å²) in [4.78, 5) is 35.8. The van der Waals surface area contributed by atoms with E-state index < -0.39 is 26.8 Å². The Kier molecular flexibility index (Phi) is 3.25. The summed E-state index contributed by atoms with van der Waals surface area (Å²) in [6, 6.07) is 5.32. The summed E-state index contributed by atoms with van der Waals surface area (Å²) in [5.74, 6) is 0.0850. The van der Waals surface area contributed by atoms with Crippen molar-refractivity contribution < 1.29 is 9.85 Å². The lowest BCUT2D eigenvalue weighted by atomic mass is 10.3. The molecular weight excluding hydrogens is 268 g/mol. The van der Waals surface area contributed by atoms with E-state index in [1.807, 2.05) is 0 Å². The predicted molar refractivity (Wildman–Crippen MR) is 67.9 cm³/mol. The van der Waals surface area contributed by atoms with Crippen LogP contribution in [0, 0.1) is 27.2 Å². The maximum absolute atomic E-state index is 12.0. The van der Waals surface area contributed by atoms with E-state index in [1.165, 1.54) is 6.07 Å². The maximum atomic E-state index is 12.0. The first-order valence-electron chi connectivity index (χ1n) is 5.39. The summed E-state index contributed by atoms with van der Waals surface area (Å²) in [5, 5.41) is 21.6. The van der Waals surface area contributed by atoms with E-state index >= 15 is 0 Å². The fourth-order valence-electron chi connectivity index (χ4n) is 1.62. The van der Waals surface area contributed by atoms with Crippen LogP contribution in [0.3, 0.4) is 0 Å². The van der Waals surface area contributed by atoms with Crippen LogP contribution in [-0.4, -0.2) is 19.4 Å². The van der Waals surface area contributed by atoms with Crippen molar-refractivity contribution in [3.05, 3.63) is 66.7 Å². The zero-order chi connectivity index (χ0) is 14.9. The zero-order valence-electron chi connectivity index (χ0n) is 10.2. The second-order valence-electron chi connectivity index (χ2n) is 3.91. The van der Waals surface area contributed by atoms with Crippen molar-refractivity contribution in [3.8, 4) is 5.82 Å². The average molecular weight is 276 g/mol. The molecule has 9 heteroatoms. The molecule has 0 aliphatic carbocycles. The van der Waals surface area contributed by atoms with E-state index in [4.69, 9.17) is 0 Å². The van der Waals surface area contributed by atoms with E-state index in [9.17, 15) is 25.0 Å². The van der Waals surface area contributed by atoms with Crippen molar-refractivity contribution >= 4 is 11.4 Å². The number of pyridine rings is 2. The van der Waals surface area contributed by atoms with Crippen LogP contribution in [0.1, 0.15) is 5.69 Å². The molecule has 2 aromatic rings. The van der Waals surface area contributed by atoms with Gasteiger partial charge in [0.1, 0.15) is 11.9 Å². The van der Waals surface area contributed by atoms with Crippen LogP contribution in [0.5, 0.6) is 0 Å². The third kappa shape index (κ3) is 2.36. The quantitative estimate of drug-likeness (QED) is 0.616. The van der Waals surface area contributed by atoms with Crippen LogP contribution in [0.25, 0.3) is 5.82 Å². The fraction of sp³-hybridized carbons (Fsp3) is 0.0909. The molecule has 2 aromatic heterocycles. The number of hydrogen-bond acceptors (Lipinski definition) is 6. The predicted octanol–water partition coefficient (Wildman–Crippen LogP) is 1.36. The number of rotatable bonds is 3. The third-order valence-corrected chi connectivity index (χ3v) is 2.51. The van der Waals surface area contributed by atoms with Crippen LogP contribution in [0.2, 0.25) is 0 Å². The van der Waals surface area contributed by atoms with Crippen molar-refractivity contribution in [2.75, 3.05) is 0 Å². The molecule has 20 heavy (non-hydrogen) atoms. The van der Waals surface area contributed by atoms with Gasteiger partial charge in [-0.15, -0.1) is 0 Å². The maximum Gasteiger partial charge on any atom is 0.341 e. The van der Waals surface area contributed by atoms with Gasteiger partial charge in [-0.1, -0.05) is 6.07 Å². The molecule has 0 amide bonds. The molecule has 0 spiro atoms. The third-order valence-electron chi connectivity index (χ3n) is 2.51. The van der Waals surface area contributed by atoms with Gasteiger partial charge < -0.3 is 0 Å². The van der Waals surface area contributed by atoms with Crippen molar-refractivity contribution in [2.24, 2.45) is 0 Å². The number of hydrogen-bond donors (Lipinski definition) is 0. The first-order valence-corrected chi connectivity index (χ1v) is 5.39. The molecular formula is C11H8N4O5. The molecule has 2 rings (SSSR count). The molecule has 0 fully saturated rings. The summed E-state index contributed by atoms with van der Waals surface area (Å²) in [6.07, 6.45) is 0.914. The number of aromatic nitrogens is 2. The Morgan fingerprint density at radius 3 is 2.45 bits per heavy atom. The summed E-state index contributed by atoms with van der Waals surface area (Å²) < 4.78 is 0.795. The van der Waals surface area contributed by atoms with Gasteiger partial charge in [-0.3, -0.25) is 29.6 Å². The van der Waals surface area contributed by atoms with E-state index in [0.717, 1.165) is 10.8 Å². The van der Waals surface area contributed by atoms with Crippen molar-refractivity contribution in [2.45, 2.75) is 6.92 Å². The SMILES string of the molecule is Cc1cccc(-n2cc([N+](=O)[O-])cc([N+](=O)[O-])c2=O)n1. The van der Waals surface area contributed by atoms with Gasteiger partial charge in [0.05, 0.1) is 16.0 Å². The molecule has 0 bridgehead atoms. The minimum absolute atomic E-state index is 0.0850. The van der Waals surface area contributed by atoms with Gasteiger partial charge in [-0.2, -0.15) is 0 Å². The van der Waals surface area contributed by atoms with Gasteiger partial charge in [0.15, 0.2) is 0 Å². The lowest BCUT2D eigenvalue weighted by Gasteiger charge is -2.05. The van der Waals surface area contributed by atoms with Crippen molar-refractivity contribution in [1.82, 2.24) is 9.55 Å². The van der Waals surface area contributed by atoms with Crippen LogP contribution < -0.4 is 5.56 Å². The topological polar surface area (TPSA) is 121 Å². The molecule has 2 heterocycles. The average Bonchev–Trinajstić information content (AvgIpc) is 2.38. The molecule has 0 aliphatic rings. The number of nitrogens with zero attached hydrogens (tertiary/aromatic N) is 4. The monoisotopic (exact) mass is 276 g/mol. The Labute approximate surface area is 111 Å². The van der Waals surface area contributed by atoms with Crippen LogP contribution in [-0.2, 0) is 0 Å². The van der Waals surface area contributed by atoms with Gasteiger partial charge in [-0.25, -0.2) is 4.98 Å². The highest BCUT2D eigenvalue weighted by Crippen LogP contribution is 2.17. The highest BCUT2D eigenvalue weighted by atomic mass is 16.6. The first-order chi connectivity index (χ1) is 9.40. The zero-order valence-corrected chi connectivity index (χ0v) is 10.2. The summed E-state index contributed by atoms with van der Waals surface area (Å²) in [6.45, 7) is 1.67. The van der Waals surface area contributed by atoms with Gasteiger partial charge in [0.25, 0.3) is 5.69 Å². The largest absolute Gasteiger partial charge is 0.341 e. The normalized spacial score (nSPS) is 10.2. The molecule has 0 N–H and O–H groups in total. The number of aryl methyl sites for hydroxylation is 1. The lowest BCUT2D eigenvalue weighted by molar-refractivity contribution is -0.395. The second kappa shape index (κ2) is 4.88. The first kappa shape index (κ1) is 13.3. The summed E-state index contributed by atoms with van der Waals surface area (Å²) >= 11 is 0. The van der Waals surface area contributed by atoms with E-state index in [2.05, 4.69) is 4.98 Å². The van der Waals surface area contributed by atoms with Gasteiger partial charge in [-0.05, 0) is 19.1 Å². The number of nitro groups is 2. The molecule has 0 aliphatic heterocycles. The highest BCUT2D eigenvalue weighted by Gasteiger charge is 2.22. The highest BCUT2D eigenvalue weighted by molar-refractivity contribution is 5.42. The van der Waals surface area contributed by atoms with Crippen LogP contribution >= 0.6 is 0 Å². The Morgan fingerprint density at radius 2 is 1.90 bits per heavy atom. The molecule has 9 nitrogen and oxygen atoms in total. The van der Waals surface area contributed by atoms with E-state index in [1.54, 1.807) is 19.1 Å². The lowest BCUT2D eigenvalue weighted by Crippen LogP contribution is -2.22. The molecule has 0 atom stereocenters. The fourth-order valence-corrected chi connectivity index (χ4v) is 1.62. The van der Waals surface area contributed by atoms with Crippen molar-refractivity contribution in [3.63, 3.8) is 0 Å². The molecule has 0 saturated heterocycles. The molecule has 102 valence electrons. The summed E-state index contributed by atoms with van der Waals surface area (Å²) in [5.41, 5.74) is -1.83. The van der Waals surface area contributed by atoms with Gasteiger partial charge in [0, 0.05) is 5.69 Å². The Morgan fingerprint density at radius 1 is 1.20 bits per heavy atom. The Hall–Kier alpha value is -3.10. The Bertz CT molecular complexity index is 768. The molecule has 0 saturated carbocycles. The standard InChI is InChI=1S/C11H8N4O5/c1-7-3-2-4-10(12-7)13-6-8(14(17)18)5-9(11(13)16)15(19)20/h2-6H,1H3. The molecule has 0 radical (unpaired) electrons. The summed E-state index contributed by atoms with van der Waals surface area (Å²) in [7, 11) is 0. The van der Waals surface area contributed by atoms with Gasteiger partial charge >= 0.3 is 11.2 Å². The molecule has 0 unspecified atom stereocenters. The van der Waals surface area contributed by atoms with E-state index in [0.29, 0.717) is 11.8 Å². The van der Waals surface area contributed by atoms with Crippen molar-refractivity contribution in [1.29, 1.82) is 0 Å². The minimum Gasteiger partial charge on any atom is -0.261 e. The van der Waals surface area contributed by atoms with Crippen LogP contribution in [0.15, 0.2) is 35.3 Å². The minimum atomic E-state index is -0.973.